The minimum absolute atomic E-state index is 0.283. The number of pyridine rings is 1. The highest BCUT2D eigenvalue weighted by molar-refractivity contribution is 6.00. The Morgan fingerprint density at radius 1 is 1.28 bits per heavy atom. The van der Waals surface area contributed by atoms with E-state index in [4.69, 9.17) is 0 Å². The van der Waals surface area contributed by atoms with Crippen LogP contribution in [-0.4, -0.2) is 16.0 Å². The van der Waals surface area contributed by atoms with E-state index in [2.05, 4.69) is 27.5 Å². The monoisotopic (exact) mass is 338 g/mol. The third-order valence-electron chi connectivity index (χ3n) is 3.86. The van der Waals surface area contributed by atoms with Gasteiger partial charge in [-0.2, -0.15) is 0 Å². The molecule has 5 nitrogen and oxygen atoms in total. The van der Waals surface area contributed by atoms with Gasteiger partial charge in [0.25, 0.3) is 0 Å². The zero-order valence-electron chi connectivity index (χ0n) is 15.1. The highest BCUT2D eigenvalue weighted by Crippen LogP contribution is 2.20. The van der Waals surface area contributed by atoms with Crippen LogP contribution in [0.15, 0.2) is 42.8 Å². The summed E-state index contributed by atoms with van der Waals surface area (Å²) in [4.78, 5) is 19.7. The van der Waals surface area contributed by atoms with Crippen LogP contribution in [0.5, 0.6) is 0 Å². The Kier molecular flexibility index (Phi) is 7.01. The fourth-order valence-corrected chi connectivity index (χ4v) is 2.37. The molecule has 0 aliphatic rings. The van der Waals surface area contributed by atoms with E-state index in [0.717, 1.165) is 41.9 Å². The van der Waals surface area contributed by atoms with E-state index >= 15 is 0 Å². The maximum Gasteiger partial charge on any atom is 0.323 e. The largest absolute Gasteiger partial charge is 0.360 e. The van der Waals surface area contributed by atoms with Crippen molar-refractivity contribution in [2.75, 3.05) is 10.6 Å². The number of hydrogen-bond donors (Lipinski definition) is 3. The Morgan fingerprint density at radius 2 is 2.12 bits per heavy atom. The molecule has 0 aliphatic carbocycles. The zero-order chi connectivity index (χ0) is 18.1. The summed E-state index contributed by atoms with van der Waals surface area (Å²) in [5.41, 5.74) is 4.44. The van der Waals surface area contributed by atoms with Crippen molar-refractivity contribution >= 4 is 23.5 Å². The van der Waals surface area contributed by atoms with Crippen LogP contribution < -0.4 is 10.6 Å². The SMILES string of the molecule is CC=C/C=C\c1[nH]cc(NC(=O)Nc2ccc(CCCC)nc2)c1C. The van der Waals surface area contributed by atoms with E-state index in [1.165, 1.54) is 0 Å². The molecule has 25 heavy (non-hydrogen) atoms. The first-order chi connectivity index (χ1) is 12.1. The van der Waals surface area contributed by atoms with Crippen molar-refractivity contribution in [3.8, 4) is 0 Å². The van der Waals surface area contributed by atoms with Gasteiger partial charge in [0.05, 0.1) is 17.6 Å². The van der Waals surface area contributed by atoms with Gasteiger partial charge in [0.2, 0.25) is 0 Å². The minimum Gasteiger partial charge on any atom is -0.360 e. The highest BCUT2D eigenvalue weighted by atomic mass is 16.2. The molecule has 132 valence electrons. The topological polar surface area (TPSA) is 69.8 Å². The van der Waals surface area contributed by atoms with Crippen LogP contribution in [0.4, 0.5) is 16.2 Å². The number of unbranched alkanes of at least 4 members (excludes halogenated alkanes) is 1. The molecule has 0 saturated heterocycles. The summed E-state index contributed by atoms with van der Waals surface area (Å²) in [5.74, 6) is 0. The molecule has 0 radical (unpaired) electrons. The lowest BCUT2D eigenvalue weighted by Crippen LogP contribution is -2.19. The van der Waals surface area contributed by atoms with Crippen molar-refractivity contribution in [1.82, 2.24) is 9.97 Å². The van der Waals surface area contributed by atoms with Crippen LogP contribution in [0.1, 0.15) is 43.6 Å². The van der Waals surface area contributed by atoms with Crippen molar-refractivity contribution in [1.29, 1.82) is 0 Å². The summed E-state index contributed by atoms with van der Waals surface area (Å²) in [6.07, 6.45) is 14.6. The summed E-state index contributed by atoms with van der Waals surface area (Å²) in [7, 11) is 0. The third kappa shape index (κ3) is 5.64. The minimum atomic E-state index is -0.283. The Bertz CT molecular complexity index is 742. The predicted octanol–water partition coefficient (Wildman–Crippen LogP) is 5.29. The molecule has 0 aliphatic heterocycles. The fraction of sp³-hybridized carbons (Fsp3) is 0.300. The number of hydrogen-bond acceptors (Lipinski definition) is 2. The second-order valence-corrected chi connectivity index (χ2v) is 5.85. The van der Waals surface area contributed by atoms with Crippen molar-refractivity contribution < 1.29 is 4.79 Å². The fourth-order valence-electron chi connectivity index (χ4n) is 2.37. The molecular formula is C20H26N4O. The molecule has 2 rings (SSSR count). The van der Waals surface area contributed by atoms with E-state index < -0.39 is 0 Å². The normalized spacial score (nSPS) is 11.3. The molecule has 0 unspecified atom stereocenters. The van der Waals surface area contributed by atoms with Crippen LogP contribution >= 0.6 is 0 Å². The molecule has 0 spiro atoms. The second-order valence-electron chi connectivity index (χ2n) is 5.85. The standard InChI is InChI=1S/C20H26N4O/c1-4-6-8-10-18-15(3)19(14-22-18)24-20(25)23-17-12-11-16(21-13-17)9-7-5-2/h4,6,8,10-14,22H,5,7,9H2,1-3H3,(H2,23,24,25)/b6-4?,10-8-. The molecule has 0 saturated carbocycles. The second kappa shape index (κ2) is 9.47. The average Bonchev–Trinajstić information content (AvgIpc) is 2.95. The molecule has 0 atom stereocenters. The lowest BCUT2D eigenvalue weighted by molar-refractivity contribution is 0.262. The summed E-state index contributed by atoms with van der Waals surface area (Å²) in [6.45, 7) is 6.09. The van der Waals surface area contributed by atoms with Gasteiger partial charge in [-0.05, 0) is 50.5 Å². The first kappa shape index (κ1) is 18.5. The number of aromatic nitrogens is 2. The van der Waals surface area contributed by atoms with E-state index in [1.54, 1.807) is 12.4 Å². The lowest BCUT2D eigenvalue weighted by atomic mass is 10.2. The summed E-state index contributed by atoms with van der Waals surface area (Å²) < 4.78 is 0. The molecule has 0 fully saturated rings. The van der Waals surface area contributed by atoms with Gasteiger partial charge in [0, 0.05) is 17.6 Å². The average molecular weight is 338 g/mol. The van der Waals surface area contributed by atoms with Crippen LogP contribution in [0, 0.1) is 6.92 Å². The molecule has 2 amide bonds. The van der Waals surface area contributed by atoms with E-state index in [1.807, 2.05) is 50.3 Å². The number of carbonyl (C=O) groups excluding carboxylic acids is 1. The van der Waals surface area contributed by atoms with Gasteiger partial charge in [-0.25, -0.2) is 4.79 Å². The lowest BCUT2D eigenvalue weighted by Gasteiger charge is -2.08. The van der Waals surface area contributed by atoms with Gasteiger partial charge >= 0.3 is 6.03 Å². The number of nitrogens with one attached hydrogen (secondary N) is 3. The van der Waals surface area contributed by atoms with Crippen LogP contribution in [0.3, 0.4) is 0 Å². The number of nitrogens with zero attached hydrogens (tertiary/aromatic N) is 1. The Morgan fingerprint density at radius 3 is 2.80 bits per heavy atom. The Balaban J connectivity index is 1.94. The van der Waals surface area contributed by atoms with Gasteiger partial charge < -0.3 is 15.6 Å². The van der Waals surface area contributed by atoms with Crippen molar-refractivity contribution in [2.24, 2.45) is 0 Å². The van der Waals surface area contributed by atoms with Crippen LogP contribution in [-0.2, 0) is 6.42 Å². The van der Waals surface area contributed by atoms with Gasteiger partial charge in [0.15, 0.2) is 0 Å². The molecular weight excluding hydrogens is 312 g/mol. The number of anilines is 2. The molecule has 0 bridgehead atoms. The molecule has 0 aromatic carbocycles. The number of allylic oxidation sites excluding steroid dienone is 3. The van der Waals surface area contributed by atoms with Crippen molar-refractivity contribution in [3.63, 3.8) is 0 Å². The number of aryl methyl sites for hydroxylation is 1. The smallest absolute Gasteiger partial charge is 0.323 e. The van der Waals surface area contributed by atoms with E-state index in [-0.39, 0.29) is 6.03 Å². The molecule has 5 heteroatoms. The quantitative estimate of drug-likeness (QED) is 0.600. The maximum atomic E-state index is 12.2. The summed E-state index contributed by atoms with van der Waals surface area (Å²) >= 11 is 0. The van der Waals surface area contributed by atoms with Gasteiger partial charge in [-0.1, -0.05) is 31.6 Å². The van der Waals surface area contributed by atoms with Gasteiger partial charge in [-0.3, -0.25) is 4.98 Å². The highest BCUT2D eigenvalue weighted by Gasteiger charge is 2.09. The van der Waals surface area contributed by atoms with Gasteiger partial charge in [-0.15, -0.1) is 0 Å². The third-order valence-corrected chi connectivity index (χ3v) is 3.86. The number of carbonyl (C=O) groups is 1. The van der Waals surface area contributed by atoms with Crippen molar-refractivity contribution in [3.05, 3.63) is 59.7 Å². The number of amides is 2. The Labute approximate surface area is 149 Å². The van der Waals surface area contributed by atoms with E-state index in [0.29, 0.717) is 5.69 Å². The molecule has 2 heterocycles. The van der Waals surface area contributed by atoms with Gasteiger partial charge in [0.1, 0.15) is 0 Å². The number of rotatable bonds is 7. The summed E-state index contributed by atoms with van der Waals surface area (Å²) in [5, 5.41) is 5.66. The first-order valence-corrected chi connectivity index (χ1v) is 8.64. The molecule has 2 aromatic heterocycles. The number of aromatic amines is 1. The van der Waals surface area contributed by atoms with Crippen LogP contribution in [0.2, 0.25) is 0 Å². The molecule has 2 aromatic rings. The van der Waals surface area contributed by atoms with Crippen molar-refractivity contribution in [2.45, 2.75) is 40.0 Å². The zero-order valence-corrected chi connectivity index (χ0v) is 15.1. The summed E-state index contributed by atoms with van der Waals surface area (Å²) in [6, 6.07) is 3.55. The maximum absolute atomic E-state index is 12.2. The number of urea groups is 1. The van der Waals surface area contributed by atoms with Crippen LogP contribution in [0.25, 0.3) is 6.08 Å². The van der Waals surface area contributed by atoms with E-state index in [9.17, 15) is 4.79 Å². The Hall–Kier alpha value is -2.82. The number of H-pyrrole nitrogens is 1. The predicted molar refractivity (Wildman–Crippen MR) is 105 cm³/mol. The first-order valence-electron chi connectivity index (χ1n) is 8.64. The molecule has 3 N–H and O–H groups in total.